The van der Waals surface area contributed by atoms with E-state index in [4.69, 9.17) is 4.74 Å². The summed E-state index contributed by atoms with van der Waals surface area (Å²) in [5.74, 6) is -0.0237. The fourth-order valence-electron chi connectivity index (χ4n) is 2.45. The normalized spacial score (nSPS) is 11.5. The predicted molar refractivity (Wildman–Crippen MR) is 97.8 cm³/mol. The van der Waals surface area contributed by atoms with Crippen molar-refractivity contribution in [3.63, 3.8) is 0 Å². The Morgan fingerprint density at radius 3 is 2.74 bits per heavy atom. The van der Waals surface area contributed by atoms with Crippen molar-refractivity contribution in [1.82, 2.24) is 10.3 Å². The molecule has 27 heavy (non-hydrogen) atoms. The van der Waals surface area contributed by atoms with Crippen LogP contribution in [0, 0.1) is 0 Å². The highest BCUT2D eigenvalue weighted by molar-refractivity contribution is 7.18. The van der Waals surface area contributed by atoms with Gasteiger partial charge in [0.25, 0.3) is 0 Å². The molecule has 8 heteroatoms. The lowest BCUT2D eigenvalue weighted by Crippen LogP contribution is -2.23. The average Bonchev–Trinajstić information content (AvgIpc) is 3.06. The lowest BCUT2D eigenvalue weighted by Gasteiger charge is -2.10. The molecule has 3 rings (SSSR count). The number of rotatable bonds is 7. The van der Waals surface area contributed by atoms with Gasteiger partial charge in [0.1, 0.15) is 5.75 Å². The fourth-order valence-corrected chi connectivity index (χ4v) is 3.41. The van der Waals surface area contributed by atoms with Gasteiger partial charge in [0.2, 0.25) is 5.91 Å². The van der Waals surface area contributed by atoms with E-state index in [0.29, 0.717) is 18.4 Å². The van der Waals surface area contributed by atoms with E-state index in [1.165, 1.54) is 12.1 Å². The molecule has 1 aromatic heterocycles. The van der Waals surface area contributed by atoms with Crippen molar-refractivity contribution in [3.05, 3.63) is 59.1 Å². The first-order valence-electron chi connectivity index (χ1n) is 8.29. The van der Waals surface area contributed by atoms with Gasteiger partial charge in [-0.2, -0.15) is 13.2 Å². The molecule has 0 aliphatic carbocycles. The van der Waals surface area contributed by atoms with Crippen LogP contribution >= 0.6 is 11.3 Å². The van der Waals surface area contributed by atoms with Crippen LogP contribution in [0.5, 0.6) is 5.75 Å². The predicted octanol–water partition coefficient (Wildman–Crippen LogP) is 4.49. The molecule has 1 heterocycles. The summed E-state index contributed by atoms with van der Waals surface area (Å²) in [5, 5.41) is 3.66. The van der Waals surface area contributed by atoms with E-state index < -0.39 is 12.8 Å². The van der Waals surface area contributed by atoms with Gasteiger partial charge in [-0.15, -0.1) is 11.3 Å². The zero-order valence-corrected chi connectivity index (χ0v) is 15.1. The smallest absolute Gasteiger partial charge is 0.422 e. The zero-order valence-electron chi connectivity index (χ0n) is 14.3. The molecule has 0 spiro atoms. The monoisotopic (exact) mass is 394 g/mol. The molecule has 0 atom stereocenters. The number of hydrogen-bond acceptors (Lipinski definition) is 4. The lowest BCUT2D eigenvalue weighted by molar-refractivity contribution is -0.153. The van der Waals surface area contributed by atoms with Crippen LogP contribution in [0.1, 0.15) is 17.0 Å². The summed E-state index contributed by atoms with van der Waals surface area (Å²) < 4.78 is 42.4. The summed E-state index contributed by atoms with van der Waals surface area (Å²) in [7, 11) is 0. The van der Waals surface area contributed by atoms with E-state index in [0.717, 1.165) is 15.2 Å². The van der Waals surface area contributed by atoms with Crippen LogP contribution in [-0.2, 0) is 17.8 Å². The number of hydrogen-bond donors (Lipinski definition) is 1. The van der Waals surface area contributed by atoms with Crippen molar-refractivity contribution in [1.29, 1.82) is 0 Å². The Morgan fingerprint density at radius 1 is 1.15 bits per heavy atom. The molecule has 0 bridgehead atoms. The number of para-hydroxylation sites is 1. The zero-order chi connectivity index (χ0) is 19.3. The van der Waals surface area contributed by atoms with Gasteiger partial charge in [-0.05, 0) is 29.8 Å². The van der Waals surface area contributed by atoms with E-state index >= 15 is 0 Å². The Balaban J connectivity index is 1.47. The first-order valence-corrected chi connectivity index (χ1v) is 9.10. The Labute approximate surface area is 158 Å². The third-order valence-electron chi connectivity index (χ3n) is 3.69. The maximum Gasteiger partial charge on any atom is 0.422 e. The van der Waals surface area contributed by atoms with E-state index in [1.807, 2.05) is 24.3 Å². The Morgan fingerprint density at radius 2 is 1.96 bits per heavy atom. The SMILES string of the molecule is O=C(CCc1nc2ccccc2s1)NCc1cccc(OCC(F)(F)F)c1. The minimum atomic E-state index is -4.38. The Hall–Kier alpha value is -2.61. The molecule has 0 aliphatic heterocycles. The maximum absolute atomic E-state index is 12.2. The number of thiazole rings is 1. The molecule has 0 radical (unpaired) electrons. The molecular weight excluding hydrogens is 377 g/mol. The van der Waals surface area contributed by atoms with Crippen molar-refractivity contribution < 1.29 is 22.7 Å². The Kier molecular flexibility index (Phi) is 5.95. The van der Waals surface area contributed by atoms with Crippen LogP contribution in [0.15, 0.2) is 48.5 Å². The highest BCUT2D eigenvalue weighted by Gasteiger charge is 2.28. The van der Waals surface area contributed by atoms with Crippen LogP contribution in [0.4, 0.5) is 13.2 Å². The van der Waals surface area contributed by atoms with Crippen molar-refractivity contribution >= 4 is 27.5 Å². The number of amides is 1. The highest BCUT2D eigenvalue weighted by atomic mass is 32.1. The number of aryl methyl sites for hydroxylation is 1. The van der Waals surface area contributed by atoms with Gasteiger partial charge in [0.15, 0.2) is 6.61 Å². The molecule has 2 aromatic carbocycles. The molecule has 0 fully saturated rings. The molecule has 0 unspecified atom stereocenters. The van der Waals surface area contributed by atoms with Crippen molar-refractivity contribution in [2.24, 2.45) is 0 Å². The topological polar surface area (TPSA) is 51.2 Å². The summed E-state index contributed by atoms with van der Waals surface area (Å²) in [6.07, 6.45) is -3.55. The number of alkyl halides is 3. The van der Waals surface area contributed by atoms with Crippen LogP contribution in [0.2, 0.25) is 0 Å². The third-order valence-corrected chi connectivity index (χ3v) is 4.79. The van der Waals surface area contributed by atoms with E-state index in [1.54, 1.807) is 23.5 Å². The molecule has 4 nitrogen and oxygen atoms in total. The molecular formula is C19H17F3N2O2S. The maximum atomic E-state index is 12.2. The molecule has 0 saturated carbocycles. The summed E-state index contributed by atoms with van der Waals surface area (Å²) in [6, 6.07) is 14.0. The van der Waals surface area contributed by atoms with Crippen LogP contribution < -0.4 is 10.1 Å². The first kappa shape index (κ1) is 19.2. The van der Waals surface area contributed by atoms with Crippen LogP contribution in [0.25, 0.3) is 10.2 Å². The lowest BCUT2D eigenvalue weighted by atomic mass is 10.2. The second-order valence-electron chi connectivity index (χ2n) is 5.90. The van der Waals surface area contributed by atoms with Crippen LogP contribution in [-0.4, -0.2) is 23.7 Å². The average molecular weight is 394 g/mol. The quantitative estimate of drug-likeness (QED) is 0.643. The van der Waals surface area contributed by atoms with E-state index in [-0.39, 0.29) is 18.2 Å². The summed E-state index contributed by atoms with van der Waals surface area (Å²) in [6.45, 7) is -1.12. The minimum absolute atomic E-state index is 0.119. The summed E-state index contributed by atoms with van der Waals surface area (Å²) in [5.41, 5.74) is 1.59. The van der Waals surface area contributed by atoms with Gasteiger partial charge in [0, 0.05) is 19.4 Å². The molecule has 0 aliphatic rings. The number of carbonyl (C=O) groups is 1. The van der Waals surface area contributed by atoms with Gasteiger partial charge in [-0.25, -0.2) is 4.98 Å². The first-order chi connectivity index (χ1) is 12.9. The largest absolute Gasteiger partial charge is 0.484 e. The second-order valence-corrected chi connectivity index (χ2v) is 7.02. The summed E-state index contributed by atoms with van der Waals surface area (Å²) >= 11 is 1.56. The number of fused-ring (bicyclic) bond motifs is 1. The van der Waals surface area contributed by atoms with Crippen molar-refractivity contribution in [2.45, 2.75) is 25.6 Å². The molecule has 142 valence electrons. The fraction of sp³-hybridized carbons (Fsp3) is 0.263. The van der Waals surface area contributed by atoms with E-state index in [2.05, 4.69) is 10.3 Å². The van der Waals surface area contributed by atoms with Crippen molar-refractivity contribution in [3.8, 4) is 5.75 Å². The number of nitrogens with zero attached hydrogens (tertiary/aromatic N) is 1. The number of benzene rings is 2. The van der Waals surface area contributed by atoms with Gasteiger partial charge in [0.05, 0.1) is 15.2 Å². The standard InChI is InChI=1S/C19H17F3N2O2S/c20-19(21,22)12-26-14-5-3-4-13(10-14)11-23-17(25)8-9-18-24-15-6-1-2-7-16(15)27-18/h1-7,10H,8-9,11-12H2,(H,23,25). The number of aromatic nitrogens is 1. The van der Waals surface area contributed by atoms with E-state index in [9.17, 15) is 18.0 Å². The van der Waals surface area contributed by atoms with Gasteiger partial charge < -0.3 is 10.1 Å². The highest BCUT2D eigenvalue weighted by Crippen LogP contribution is 2.22. The second kappa shape index (κ2) is 8.39. The molecule has 0 saturated heterocycles. The Bertz CT molecular complexity index is 891. The van der Waals surface area contributed by atoms with Gasteiger partial charge >= 0.3 is 6.18 Å². The van der Waals surface area contributed by atoms with Crippen LogP contribution in [0.3, 0.4) is 0 Å². The summed E-state index contributed by atoms with van der Waals surface area (Å²) in [4.78, 5) is 16.5. The number of halogens is 3. The number of nitrogens with one attached hydrogen (secondary N) is 1. The number of ether oxygens (including phenoxy) is 1. The molecule has 3 aromatic rings. The minimum Gasteiger partial charge on any atom is -0.484 e. The molecule has 1 N–H and O–H groups in total. The molecule has 1 amide bonds. The number of carbonyl (C=O) groups excluding carboxylic acids is 1. The van der Waals surface area contributed by atoms with Gasteiger partial charge in [-0.3, -0.25) is 4.79 Å². The third kappa shape index (κ3) is 5.96. The van der Waals surface area contributed by atoms with Gasteiger partial charge in [-0.1, -0.05) is 24.3 Å². The van der Waals surface area contributed by atoms with Crippen molar-refractivity contribution in [2.75, 3.05) is 6.61 Å².